The van der Waals surface area contributed by atoms with E-state index in [2.05, 4.69) is 38.7 Å². The van der Waals surface area contributed by atoms with Gasteiger partial charge in [-0.3, -0.25) is 4.79 Å². The normalized spacial score (nSPS) is 46.7. The van der Waals surface area contributed by atoms with Crippen molar-refractivity contribution in [2.24, 2.45) is 46.3 Å². The van der Waals surface area contributed by atoms with Crippen molar-refractivity contribution in [1.29, 1.82) is 0 Å². The van der Waals surface area contributed by atoms with Crippen LogP contribution in [0.25, 0.3) is 0 Å². The van der Waals surface area contributed by atoms with E-state index >= 15 is 0 Å². The van der Waals surface area contributed by atoms with Gasteiger partial charge < -0.3 is 14.4 Å². The minimum Gasteiger partial charge on any atom is -0.458 e. The molecule has 5 fully saturated rings. The molecule has 2 aliphatic heterocycles. The first-order chi connectivity index (χ1) is 19.6. The molecular weight excluding hydrogens is 510 g/mol. The Bertz CT molecular complexity index is 1240. The molecule has 0 N–H and O–H groups in total. The third kappa shape index (κ3) is 4.03. The molecule has 11 atom stereocenters. The van der Waals surface area contributed by atoms with E-state index in [-0.39, 0.29) is 34.9 Å². The number of nitrogens with zero attached hydrogens (tertiary/aromatic N) is 1. The van der Waals surface area contributed by atoms with Crippen molar-refractivity contribution >= 4 is 11.9 Å². The van der Waals surface area contributed by atoms with Crippen molar-refractivity contribution < 1.29 is 19.1 Å². The first-order valence-electron chi connectivity index (χ1n) is 16.5. The zero-order valence-corrected chi connectivity index (χ0v) is 25.7. The second-order valence-corrected chi connectivity index (χ2v) is 15.3. The summed E-state index contributed by atoms with van der Waals surface area (Å²) in [6, 6.07) is 9.41. The Morgan fingerprint density at radius 3 is 2.54 bits per heavy atom. The number of piperidine rings is 1. The molecule has 5 nitrogen and oxygen atoms in total. The molecule has 1 aromatic carbocycles. The fourth-order valence-electron chi connectivity index (χ4n) is 11.4. The molecule has 41 heavy (non-hydrogen) atoms. The Kier molecular flexibility index (Phi) is 6.54. The van der Waals surface area contributed by atoms with Gasteiger partial charge in [-0.1, -0.05) is 57.5 Å². The van der Waals surface area contributed by atoms with E-state index in [0.29, 0.717) is 41.1 Å². The molecular formula is C36H49NO4. The third-order valence-electron chi connectivity index (χ3n) is 13.4. The molecule has 2 saturated heterocycles. The number of fused-ring (bicyclic) bond motifs is 7. The number of benzene rings is 1. The van der Waals surface area contributed by atoms with Gasteiger partial charge in [-0.15, -0.1) is 0 Å². The highest BCUT2D eigenvalue weighted by molar-refractivity contribution is 5.89. The van der Waals surface area contributed by atoms with Crippen LogP contribution in [0.4, 0.5) is 0 Å². The van der Waals surface area contributed by atoms with Crippen LogP contribution in [0.2, 0.25) is 0 Å². The van der Waals surface area contributed by atoms with Gasteiger partial charge in [0, 0.05) is 25.8 Å². The molecule has 3 saturated carbocycles. The van der Waals surface area contributed by atoms with Crippen LogP contribution in [0.3, 0.4) is 0 Å². The van der Waals surface area contributed by atoms with E-state index in [1.807, 2.05) is 30.3 Å². The lowest BCUT2D eigenvalue weighted by atomic mass is 9.46. The Labute approximate surface area is 246 Å². The van der Waals surface area contributed by atoms with Gasteiger partial charge in [0.1, 0.15) is 11.8 Å². The van der Waals surface area contributed by atoms with E-state index < -0.39 is 5.72 Å². The monoisotopic (exact) mass is 559 g/mol. The van der Waals surface area contributed by atoms with Crippen LogP contribution >= 0.6 is 0 Å². The number of carbonyl (C=O) groups is 2. The summed E-state index contributed by atoms with van der Waals surface area (Å²) in [5.41, 5.74) is 2.25. The predicted octanol–water partition coefficient (Wildman–Crippen LogP) is 7.41. The number of allylic oxidation sites excluding steroid dienone is 1. The summed E-state index contributed by atoms with van der Waals surface area (Å²) in [5, 5.41) is 0. The summed E-state index contributed by atoms with van der Waals surface area (Å²) in [6.07, 6.45) is 12.7. The molecule has 6 aliphatic rings. The standard InChI is InChI=1S/C36H49NO4/c1-22-13-18-36(37(21-22)24(3)38)23(2)32-31(41-36)20-30-28-12-11-26-19-27(40-33(39)25-9-7-6-8-10-25)14-16-34(26,4)29(28)15-17-35(30,32)5/h6-11,22-23,27-32H,12-21H2,1-5H3/t22-,23-,27+,28-,29+,30+,31+,32+,34+,35+,36-/m1/s1. The molecule has 0 bridgehead atoms. The molecule has 1 spiro atoms. The number of carbonyl (C=O) groups excluding carboxylic acids is 2. The molecule has 222 valence electrons. The molecule has 2 heterocycles. The Morgan fingerprint density at radius 1 is 1.00 bits per heavy atom. The van der Waals surface area contributed by atoms with E-state index in [1.54, 1.807) is 6.92 Å². The van der Waals surface area contributed by atoms with E-state index in [9.17, 15) is 9.59 Å². The summed E-state index contributed by atoms with van der Waals surface area (Å²) in [6.45, 7) is 12.4. The fourth-order valence-corrected chi connectivity index (χ4v) is 11.4. The Balaban J connectivity index is 1.09. The average molecular weight is 560 g/mol. The second kappa shape index (κ2) is 9.69. The van der Waals surface area contributed by atoms with E-state index in [0.717, 1.165) is 51.5 Å². The Hall–Kier alpha value is -2.14. The smallest absolute Gasteiger partial charge is 0.338 e. The van der Waals surface area contributed by atoms with Crippen LogP contribution in [-0.2, 0) is 14.3 Å². The zero-order valence-electron chi connectivity index (χ0n) is 25.7. The third-order valence-corrected chi connectivity index (χ3v) is 13.4. The molecule has 1 amide bonds. The first kappa shape index (κ1) is 27.7. The van der Waals surface area contributed by atoms with Crippen LogP contribution in [0.1, 0.15) is 103 Å². The number of likely N-dealkylation sites (tertiary alicyclic amines) is 1. The van der Waals surface area contributed by atoms with Gasteiger partial charge in [-0.2, -0.15) is 0 Å². The lowest BCUT2D eigenvalue weighted by Gasteiger charge is -2.59. The molecule has 0 radical (unpaired) electrons. The van der Waals surface area contributed by atoms with Crippen molar-refractivity contribution in [3.05, 3.63) is 47.5 Å². The molecule has 0 aromatic heterocycles. The molecule has 0 unspecified atom stereocenters. The van der Waals surface area contributed by atoms with Gasteiger partial charge in [0.2, 0.25) is 5.91 Å². The van der Waals surface area contributed by atoms with Crippen molar-refractivity contribution in [3.8, 4) is 0 Å². The lowest BCUT2D eigenvalue weighted by molar-refractivity contribution is -0.200. The van der Waals surface area contributed by atoms with Gasteiger partial charge in [0.05, 0.1) is 11.7 Å². The minimum atomic E-state index is -0.403. The van der Waals surface area contributed by atoms with Crippen molar-refractivity contribution in [3.63, 3.8) is 0 Å². The Morgan fingerprint density at radius 2 is 1.78 bits per heavy atom. The minimum absolute atomic E-state index is 0.0221. The number of amides is 1. The summed E-state index contributed by atoms with van der Waals surface area (Å²) in [5.74, 6) is 3.48. The number of rotatable bonds is 2. The SMILES string of the molecule is CC(=O)N1C[C@H](C)CC[C@]12O[C@H]1C[C@H]3[C@@H]4CC=C5C[C@@H](OC(=O)c6ccccc6)CC[C@]5(C)[C@H]4CC[C@]3(C)[C@H]1[C@H]2C. The largest absolute Gasteiger partial charge is 0.458 e. The van der Waals surface area contributed by atoms with Gasteiger partial charge in [-0.25, -0.2) is 4.79 Å². The van der Waals surface area contributed by atoms with Crippen LogP contribution in [-0.4, -0.2) is 41.3 Å². The molecule has 7 rings (SSSR count). The quantitative estimate of drug-likeness (QED) is 0.280. The summed E-state index contributed by atoms with van der Waals surface area (Å²) in [4.78, 5) is 27.7. The number of hydrogen-bond acceptors (Lipinski definition) is 4. The predicted molar refractivity (Wildman–Crippen MR) is 159 cm³/mol. The van der Waals surface area contributed by atoms with Gasteiger partial charge in [-0.05, 0) is 104 Å². The maximum atomic E-state index is 12.9. The summed E-state index contributed by atoms with van der Waals surface area (Å²) in [7, 11) is 0. The van der Waals surface area contributed by atoms with Gasteiger partial charge >= 0.3 is 5.97 Å². The van der Waals surface area contributed by atoms with Gasteiger partial charge in [0.25, 0.3) is 0 Å². The topological polar surface area (TPSA) is 55.8 Å². The summed E-state index contributed by atoms with van der Waals surface area (Å²) >= 11 is 0. The van der Waals surface area contributed by atoms with Crippen LogP contribution < -0.4 is 0 Å². The maximum absolute atomic E-state index is 12.9. The van der Waals surface area contributed by atoms with Gasteiger partial charge in [0.15, 0.2) is 0 Å². The lowest BCUT2D eigenvalue weighted by Crippen LogP contribution is -2.60. The summed E-state index contributed by atoms with van der Waals surface area (Å²) < 4.78 is 13.2. The second-order valence-electron chi connectivity index (χ2n) is 15.3. The van der Waals surface area contributed by atoms with E-state index in [1.165, 1.54) is 18.4 Å². The first-order valence-corrected chi connectivity index (χ1v) is 16.5. The maximum Gasteiger partial charge on any atom is 0.338 e. The number of hydrogen-bond donors (Lipinski definition) is 0. The number of esters is 1. The molecule has 4 aliphatic carbocycles. The molecule has 5 heteroatoms. The fraction of sp³-hybridized carbons (Fsp3) is 0.722. The average Bonchev–Trinajstić information content (AvgIpc) is 3.40. The van der Waals surface area contributed by atoms with Crippen LogP contribution in [0.15, 0.2) is 42.0 Å². The van der Waals surface area contributed by atoms with Crippen molar-refractivity contribution in [1.82, 2.24) is 4.90 Å². The van der Waals surface area contributed by atoms with Crippen LogP contribution in [0, 0.1) is 46.3 Å². The van der Waals surface area contributed by atoms with Crippen molar-refractivity contribution in [2.75, 3.05) is 6.54 Å². The van der Waals surface area contributed by atoms with Crippen molar-refractivity contribution in [2.45, 2.75) is 110 Å². The van der Waals surface area contributed by atoms with E-state index in [4.69, 9.17) is 9.47 Å². The zero-order chi connectivity index (χ0) is 28.7. The highest BCUT2D eigenvalue weighted by Crippen LogP contribution is 2.70. The number of ether oxygens (including phenoxy) is 2. The highest BCUT2D eigenvalue weighted by atomic mass is 16.5. The highest BCUT2D eigenvalue weighted by Gasteiger charge is 2.69. The molecule has 1 aromatic rings. The van der Waals surface area contributed by atoms with Crippen LogP contribution in [0.5, 0.6) is 0 Å².